The lowest BCUT2D eigenvalue weighted by Gasteiger charge is -2.37. The Morgan fingerprint density at radius 2 is 2.28 bits per heavy atom. The monoisotopic (exact) mass is 292 g/mol. The molecule has 1 saturated heterocycles. The number of aromatic nitrogens is 1. The lowest BCUT2D eigenvalue weighted by molar-refractivity contribution is -0.120. The number of ether oxygens (including phenoxy) is 2. The van der Waals surface area contributed by atoms with Crippen LogP contribution in [0.5, 0.6) is 5.88 Å². The van der Waals surface area contributed by atoms with Crippen LogP contribution in [0.1, 0.15) is 6.92 Å². The van der Waals surface area contributed by atoms with Crippen LogP contribution in [0.2, 0.25) is 5.02 Å². The van der Waals surface area contributed by atoms with Gasteiger partial charge in [-0.15, -0.1) is 0 Å². The summed E-state index contributed by atoms with van der Waals surface area (Å²) in [7, 11) is -3.80. The lowest BCUT2D eigenvalue weighted by Crippen LogP contribution is -2.44. The third-order valence-electron chi connectivity index (χ3n) is 2.57. The summed E-state index contributed by atoms with van der Waals surface area (Å²) in [5, 5.41) is 5.08. The Morgan fingerprint density at radius 3 is 2.72 bits per heavy atom. The van der Waals surface area contributed by atoms with E-state index in [1.54, 1.807) is 0 Å². The molecule has 0 bridgehead atoms. The average Bonchev–Trinajstić information content (AvgIpc) is 2.23. The van der Waals surface area contributed by atoms with E-state index < -0.39 is 10.0 Å². The van der Waals surface area contributed by atoms with E-state index in [4.69, 9.17) is 26.2 Å². The normalized spacial score (nSPS) is 18.2. The van der Waals surface area contributed by atoms with Crippen molar-refractivity contribution in [3.05, 3.63) is 17.3 Å². The highest BCUT2D eigenvalue weighted by Gasteiger charge is 2.34. The molecule has 0 saturated carbocycles. The van der Waals surface area contributed by atoms with Gasteiger partial charge in [0.25, 0.3) is 0 Å². The fraction of sp³-hybridized carbons (Fsp3) is 0.500. The molecular weight excluding hydrogens is 280 g/mol. The van der Waals surface area contributed by atoms with Crippen LogP contribution < -0.4 is 9.88 Å². The van der Waals surface area contributed by atoms with E-state index in [-0.39, 0.29) is 21.2 Å². The zero-order valence-corrected chi connectivity index (χ0v) is 11.3. The van der Waals surface area contributed by atoms with E-state index in [2.05, 4.69) is 4.98 Å². The molecule has 0 spiro atoms. The van der Waals surface area contributed by atoms with Crippen molar-refractivity contribution < 1.29 is 17.9 Å². The van der Waals surface area contributed by atoms with Gasteiger partial charge >= 0.3 is 0 Å². The first kappa shape index (κ1) is 13.5. The first-order valence-corrected chi connectivity index (χ1v) is 7.12. The van der Waals surface area contributed by atoms with Gasteiger partial charge in [-0.05, 0) is 6.07 Å². The van der Waals surface area contributed by atoms with E-state index >= 15 is 0 Å². The Balaban J connectivity index is 2.10. The molecule has 0 radical (unpaired) electrons. The molecule has 2 N–H and O–H groups in total. The van der Waals surface area contributed by atoms with Gasteiger partial charge in [0, 0.05) is 5.41 Å². The molecule has 1 aromatic rings. The Bertz CT molecular complexity index is 557. The summed E-state index contributed by atoms with van der Waals surface area (Å²) in [6.07, 6.45) is 1.12. The summed E-state index contributed by atoms with van der Waals surface area (Å²) in [5.74, 6) is 0.192. The second kappa shape index (κ2) is 4.65. The van der Waals surface area contributed by atoms with Crippen LogP contribution in [-0.4, -0.2) is 33.2 Å². The standard InChI is InChI=1S/C10H13ClN2O4S/c1-10(4-16-5-10)6-17-9-8(11)2-7(3-13-9)18(12,14)15/h2-3H,4-6H2,1H3,(H2,12,14,15). The van der Waals surface area contributed by atoms with Crippen molar-refractivity contribution in [3.8, 4) is 5.88 Å². The SMILES string of the molecule is CC1(COc2ncc(S(N)(=O)=O)cc2Cl)COC1. The van der Waals surface area contributed by atoms with E-state index in [0.717, 1.165) is 6.20 Å². The summed E-state index contributed by atoms with van der Waals surface area (Å²) in [5.41, 5.74) is -0.0381. The van der Waals surface area contributed by atoms with Crippen LogP contribution in [0, 0.1) is 5.41 Å². The lowest BCUT2D eigenvalue weighted by atomic mass is 9.90. The summed E-state index contributed by atoms with van der Waals surface area (Å²) >= 11 is 5.89. The molecule has 0 unspecified atom stereocenters. The van der Waals surface area contributed by atoms with Crippen LogP contribution in [0.25, 0.3) is 0 Å². The highest BCUT2D eigenvalue weighted by molar-refractivity contribution is 7.89. The zero-order chi connectivity index (χ0) is 13.4. The molecule has 6 nitrogen and oxygen atoms in total. The molecule has 0 aromatic carbocycles. The second-order valence-electron chi connectivity index (χ2n) is 4.60. The van der Waals surface area contributed by atoms with Crippen molar-refractivity contribution in [2.45, 2.75) is 11.8 Å². The van der Waals surface area contributed by atoms with Crippen molar-refractivity contribution in [1.29, 1.82) is 0 Å². The smallest absolute Gasteiger partial charge is 0.239 e. The van der Waals surface area contributed by atoms with Crippen molar-refractivity contribution in [1.82, 2.24) is 4.98 Å². The molecule has 2 heterocycles. The molecule has 1 aromatic heterocycles. The summed E-state index contributed by atoms with van der Waals surface area (Å²) in [4.78, 5) is 3.71. The number of nitrogens with zero attached hydrogens (tertiary/aromatic N) is 1. The molecular formula is C10H13ClN2O4S. The number of nitrogens with two attached hydrogens (primary N) is 1. The van der Waals surface area contributed by atoms with Gasteiger partial charge in [-0.1, -0.05) is 18.5 Å². The van der Waals surface area contributed by atoms with Gasteiger partial charge in [0.05, 0.1) is 26.0 Å². The maximum Gasteiger partial charge on any atom is 0.239 e. The number of rotatable bonds is 4. The van der Waals surface area contributed by atoms with E-state index in [1.165, 1.54) is 6.07 Å². The van der Waals surface area contributed by atoms with Crippen LogP contribution in [0.3, 0.4) is 0 Å². The third-order valence-corrected chi connectivity index (χ3v) is 3.72. The van der Waals surface area contributed by atoms with Crippen LogP contribution in [0.15, 0.2) is 17.2 Å². The largest absolute Gasteiger partial charge is 0.476 e. The van der Waals surface area contributed by atoms with Gasteiger partial charge in [-0.2, -0.15) is 0 Å². The van der Waals surface area contributed by atoms with Crippen molar-refractivity contribution in [2.24, 2.45) is 10.6 Å². The Morgan fingerprint density at radius 1 is 1.61 bits per heavy atom. The molecule has 1 aliphatic heterocycles. The molecule has 2 rings (SSSR count). The Hall–Kier alpha value is -0.890. The van der Waals surface area contributed by atoms with E-state index in [0.29, 0.717) is 19.8 Å². The van der Waals surface area contributed by atoms with Gasteiger partial charge < -0.3 is 9.47 Å². The second-order valence-corrected chi connectivity index (χ2v) is 6.56. The molecule has 8 heteroatoms. The van der Waals surface area contributed by atoms with E-state index in [9.17, 15) is 8.42 Å². The minimum Gasteiger partial charge on any atom is -0.476 e. The third kappa shape index (κ3) is 2.92. The highest BCUT2D eigenvalue weighted by Crippen LogP contribution is 2.30. The Kier molecular flexibility index (Phi) is 3.50. The number of halogens is 1. The molecule has 1 fully saturated rings. The molecule has 0 amide bonds. The molecule has 100 valence electrons. The highest BCUT2D eigenvalue weighted by atomic mass is 35.5. The van der Waals surface area contributed by atoms with Gasteiger partial charge in [-0.25, -0.2) is 18.5 Å². The van der Waals surface area contributed by atoms with Crippen molar-refractivity contribution in [2.75, 3.05) is 19.8 Å². The first-order chi connectivity index (χ1) is 8.30. The summed E-state index contributed by atoms with van der Waals surface area (Å²) in [6, 6.07) is 1.22. The minimum absolute atomic E-state index is 0.0381. The van der Waals surface area contributed by atoms with Crippen molar-refractivity contribution in [3.63, 3.8) is 0 Å². The average molecular weight is 293 g/mol. The number of pyridine rings is 1. The van der Waals surface area contributed by atoms with Gasteiger partial charge in [0.1, 0.15) is 9.92 Å². The number of primary sulfonamides is 1. The van der Waals surface area contributed by atoms with Crippen molar-refractivity contribution >= 4 is 21.6 Å². The van der Waals surface area contributed by atoms with Gasteiger partial charge in [-0.3, -0.25) is 0 Å². The zero-order valence-electron chi connectivity index (χ0n) is 9.72. The number of hydrogen-bond donors (Lipinski definition) is 1. The van der Waals surface area contributed by atoms with Crippen LogP contribution in [0.4, 0.5) is 0 Å². The maximum atomic E-state index is 11.1. The maximum absolute atomic E-state index is 11.1. The fourth-order valence-corrected chi connectivity index (χ4v) is 2.21. The summed E-state index contributed by atoms with van der Waals surface area (Å²) in [6.45, 7) is 3.68. The summed E-state index contributed by atoms with van der Waals surface area (Å²) < 4.78 is 32.7. The van der Waals surface area contributed by atoms with Gasteiger partial charge in [0.2, 0.25) is 15.9 Å². The minimum atomic E-state index is -3.80. The van der Waals surface area contributed by atoms with E-state index in [1.807, 2.05) is 6.92 Å². The fourth-order valence-electron chi connectivity index (χ4n) is 1.45. The molecule has 0 atom stereocenters. The topological polar surface area (TPSA) is 91.5 Å². The molecule has 1 aliphatic rings. The molecule has 18 heavy (non-hydrogen) atoms. The Labute approximate surface area is 110 Å². The number of hydrogen-bond acceptors (Lipinski definition) is 5. The van der Waals surface area contributed by atoms with Gasteiger partial charge in [0.15, 0.2) is 0 Å². The first-order valence-electron chi connectivity index (χ1n) is 5.19. The quantitative estimate of drug-likeness (QED) is 0.886. The predicted molar refractivity (Wildman–Crippen MR) is 65.0 cm³/mol. The van der Waals surface area contributed by atoms with Crippen LogP contribution in [-0.2, 0) is 14.8 Å². The molecule has 0 aliphatic carbocycles. The number of sulfonamides is 1. The predicted octanol–water partition coefficient (Wildman–Crippen LogP) is 0.798. The van der Waals surface area contributed by atoms with Crippen LogP contribution >= 0.6 is 11.6 Å².